The first-order valence-corrected chi connectivity index (χ1v) is 6.21. The molecule has 0 aliphatic carbocycles. The van der Waals surface area contributed by atoms with Crippen LogP contribution in [0.4, 0.5) is 0 Å². The topological polar surface area (TPSA) is 12.0 Å². The van der Waals surface area contributed by atoms with Crippen molar-refractivity contribution in [2.45, 2.75) is 39.2 Å². The predicted octanol–water partition coefficient (Wildman–Crippen LogP) is 3.56. The summed E-state index contributed by atoms with van der Waals surface area (Å²) >= 11 is 0. The molecule has 1 heteroatoms. The largest absolute Gasteiger partial charge is 0.314 e. The summed E-state index contributed by atoms with van der Waals surface area (Å²) in [7, 11) is 0. The molecular formula is C15H23N. The van der Waals surface area contributed by atoms with Crippen LogP contribution in [0.3, 0.4) is 0 Å². The minimum Gasteiger partial charge on any atom is -0.314 e. The van der Waals surface area contributed by atoms with Gasteiger partial charge in [0.1, 0.15) is 0 Å². The smallest absolute Gasteiger partial charge is 0.00420 e. The molecule has 16 heavy (non-hydrogen) atoms. The Morgan fingerprint density at radius 2 is 2.00 bits per heavy atom. The van der Waals surface area contributed by atoms with Crippen molar-refractivity contribution in [2.24, 2.45) is 0 Å². The lowest BCUT2D eigenvalue weighted by molar-refractivity contribution is 0.520. The van der Waals surface area contributed by atoms with E-state index in [4.69, 9.17) is 0 Å². The van der Waals surface area contributed by atoms with Crippen LogP contribution in [0, 0.1) is 0 Å². The molecule has 0 heterocycles. The zero-order valence-corrected chi connectivity index (χ0v) is 10.4. The van der Waals surface area contributed by atoms with E-state index in [9.17, 15) is 0 Å². The van der Waals surface area contributed by atoms with Gasteiger partial charge in [-0.1, -0.05) is 42.5 Å². The Labute approximate surface area is 99.6 Å². The highest BCUT2D eigenvalue weighted by Crippen LogP contribution is 2.04. The standard InChI is InChI=1S/C15H23N/c1-3-4-8-13-16-14(2)11-12-15-9-6-5-7-10-15/h3-7,9-10,14,16H,8,11-13H2,1-2H3/b4-3+. The predicted molar refractivity (Wildman–Crippen MR) is 71.7 cm³/mol. The number of benzene rings is 1. The van der Waals surface area contributed by atoms with Gasteiger partial charge in [0.2, 0.25) is 0 Å². The summed E-state index contributed by atoms with van der Waals surface area (Å²) in [5, 5.41) is 3.54. The molecule has 0 spiro atoms. The van der Waals surface area contributed by atoms with E-state index in [1.807, 2.05) is 0 Å². The highest BCUT2D eigenvalue weighted by atomic mass is 14.9. The number of aryl methyl sites for hydroxylation is 1. The molecule has 1 unspecified atom stereocenters. The van der Waals surface area contributed by atoms with E-state index < -0.39 is 0 Å². The summed E-state index contributed by atoms with van der Waals surface area (Å²) in [5.74, 6) is 0. The van der Waals surface area contributed by atoms with Gasteiger partial charge < -0.3 is 5.32 Å². The first-order chi connectivity index (χ1) is 7.83. The normalized spacial score (nSPS) is 13.1. The van der Waals surface area contributed by atoms with Crippen LogP contribution >= 0.6 is 0 Å². The van der Waals surface area contributed by atoms with Crippen molar-refractivity contribution in [1.29, 1.82) is 0 Å². The summed E-state index contributed by atoms with van der Waals surface area (Å²) in [6.45, 7) is 5.41. The number of allylic oxidation sites excluding steroid dienone is 1. The Morgan fingerprint density at radius 3 is 2.69 bits per heavy atom. The number of nitrogens with one attached hydrogen (secondary N) is 1. The third kappa shape index (κ3) is 5.72. The Morgan fingerprint density at radius 1 is 1.25 bits per heavy atom. The van der Waals surface area contributed by atoms with E-state index in [-0.39, 0.29) is 0 Å². The minimum atomic E-state index is 0.602. The summed E-state index contributed by atoms with van der Waals surface area (Å²) < 4.78 is 0. The highest BCUT2D eigenvalue weighted by molar-refractivity contribution is 5.14. The van der Waals surface area contributed by atoms with Crippen LogP contribution in [-0.4, -0.2) is 12.6 Å². The molecule has 0 aliphatic rings. The third-order valence-corrected chi connectivity index (χ3v) is 2.75. The van der Waals surface area contributed by atoms with Crippen LogP contribution in [0.5, 0.6) is 0 Å². The lowest BCUT2D eigenvalue weighted by atomic mass is 10.1. The molecule has 0 radical (unpaired) electrons. The summed E-state index contributed by atoms with van der Waals surface area (Å²) in [6, 6.07) is 11.3. The van der Waals surface area contributed by atoms with Crippen LogP contribution in [0.2, 0.25) is 0 Å². The van der Waals surface area contributed by atoms with E-state index in [0.29, 0.717) is 6.04 Å². The van der Waals surface area contributed by atoms with Crippen molar-refractivity contribution in [3.8, 4) is 0 Å². The van der Waals surface area contributed by atoms with Gasteiger partial charge in [0.15, 0.2) is 0 Å². The fourth-order valence-corrected chi connectivity index (χ4v) is 1.71. The van der Waals surface area contributed by atoms with Gasteiger partial charge in [-0.15, -0.1) is 0 Å². The molecule has 0 bridgehead atoms. The van der Waals surface area contributed by atoms with E-state index in [0.717, 1.165) is 13.0 Å². The molecule has 0 aliphatic heterocycles. The molecule has 1 aromatic rings. The Kier molecular flexibility index (Phi) is 6.59. The summed E-state index contributed by atoms with van der Waals surface area (Å²) in [6.07, 6.45) is 7.82. The second-order valence-corrected chi connectivity index (χ2v) is 4.24. The van der Waals surface area contributed by atoms with Gasteiger partial charge in [0.05, 0.1) is 0 Å². The molecule has 1 atom stereocenters. The summed E-state index contributed by atoms with van der Waals surface area (Å²) in [4.78, 5) is 0. The van der Waals surface area contributed by atoms with E-state index in [1.165, 1.54) is 18.4 Å². The third-order valence-electron chi connectivity index (χ3n) is 2.75. The van der Waals surface area contributed by atoms with Gasteiger partial charge in [-0.2, -0.15) is 0 Å². The molecule has 0 aromatic heterocycles. The van der Waals surface area contributed by atoms with Crippen molar-refractivity contribution >= 4 is 0 Å². The van der Waals surface area contributed by atoms with Crippen LogP contribution < -0.4 is 5.32 Å². The zero-order chi connectivity index (χ0) is 11.6. The Balaban J connectivity index is 2.13. The van der Waals surface area contributed by atoms with Crippen molar-refractivity contribution < 1.29 is 0 Å². The first-order valence-electron chi connectivity index (χ1n) is 6.21. The molecule has 1 nitrogen and oxygen atoms in total. The van der Waals surface area contributed by atoms with Gasteiger partial charge in [-0.05, 0) is 45.2 Å². The van der Waals surface area contributed by atoms with Crippen molar-refractivity contribution in [3.63, 3.8) is 0 Å². The SMILES string of the molecule is C/C=C/CCNC(C)CCc1ccccc1. The van der Waals surface area contributed by atoms with Gasteiger partial charge in [0, 0.05) is 6.04 Å². The number of hydrogen-bond acceptors (Lipinski definition) is 1. The fourth-order valence-electron chi connectivity index (χ4n) is 1.71. The maximum absolute atomic E-state index is 3.54. The molecule has 0 saturated carbocycles. The van der Waals surface area contributed by atoms with E-state index >= 15 is 0 Å². The average Bonchev–Trinajstić information content (AvgIpc) is 2.33. The van der Waals surface area contributed by atoms with Crippen LogP contribution in [0.15, 0.2) is 42.5 Å². The quantitative estimate of drug-likeness (QED) is 0.544. The average molecular weight is 217 g/mol. The molecule has 0 saturated heterocycles. The molecular weight excluding hydrogens is 194 g/mol. The molecule has 0 fully saturated rings. The van der Waals surface area contributed by atoms with Crippen LogP contribution in [-0.2, 0) is 6.42 Å². The van der Waals surface area contributed by atoms with Crippen molar-refractivity contribution in [1.82, 2.24) is 5.32 Å². The summed E-state index contributed by atoms with van der Waals surface area (Å²) in [5.41, 5.74) is 1.43. The number of rotatable bonds is 7. The van der Waals surface area contributed by atoms with Gasteiger partial charge in [-0.25, -0.2) is 0 Å². The van der Waals surface area contributed by atoms with Crippen LogP contribution in [0.25, 0.3) is 0 Å². The van der Waals surface area contributed by atoms with Gasteiger partial charge >= 0.3 is 0 Å². The molecule has 0 amide bonds. The molecule has 1 rings (SSSR count). The van der Waals surface area contributed by atoms with E-state index in [2.05, 4.69) is 61.6 Å². The van der Waals surface area contributed by atoms with Gasteiger partial charge in [-0.3, -0.25) is 0 Å². The van der Waals surface area contributed by atoms with Crippen molar-refractivity contribution in [3.05, 3.63) is 48.0 Å². The first kappa shape index (κ1) is 13.0. The second kappa shape index (κ2) is 8.12. The second-order valence-electron chi connectivity index (χ2n) is 4.24. The number of hydrogen-bond donors (Lipinski definition) is 1. The lowest BCUT2D eigenvalue weighted by Gasteiger charge is -2.12. The minimum absolute atomic E-state index is 0.602. The van der Waals surface area contributed by atoms with Crippen molar-refractivity contribution in [2.75, 3.05) is 6.54 Å². The van der Waals surface area contributed by atoms with Gasteiger partial charge in [0.25, 0.3) is 0 Å². The highest BCUT2D eigenvalue weighted by Gasteiger charge is 2.00. The molecule has 1 N–H and O–H groups in total. The van der Waals surface area contributed by atoms with Crippen LogP contribution in [0.1, 0.15) is 32.3 Å². The van der Waals surface area contributed by atoms with E-state index in [1.54, 1.807) is 0 Å². The maximum atomic E-state index is 3.54. The molecule has 88 valence electrons. The maximum Gasteiger partial charge on any atom is 0.00420 e. The fraction of sp³-hybridized carbons (Fsp3) is 0.467. The zero-order valence-electron chi connectivity index (χ0n) is 10.4. The lowest BCUT2D eigenvalue weighted by Crippen LogP contribution is -2.27. The Bertz CT molecular complexity index is 290. The molecule has 1 aromatic carbocycles. The monoisotopic (exact) mass is 217 g/mol. The Hall–Kier alpha value is -1.08.